The number of guanidine groups is 1. The minimum atomic E-state index is -0.209. The molecule has 0 aliphatic carbocycles. The van der Waals surface area contributed by atoms with Gasteiger partial charge in [0.25, 0.3) is 0 Å². The van der Waals surface area contributed by atoms with Crippen molar-refractivity contribution in [2.75, 3.05) is 33.3 Å². The van der Waals surface area contributed by atoms with Gasteiger partial charge < -0.3 is 20.7 Å². The molecule has 2 saturated heterocycles. The van der Waals surface area contributed by atoms with Crippen LogP contribution in [-0.4, -0.2) is 56.2 Å². The highest BCUT2D eigenvalue weighted by Gasteiger charge is 2.24. The predicted molar refractivity (Wildman–Crippen MR) is 93.9 cm³/mol. The average Bonchev–Trinajstić information content (AvgIpc) is 2.92. The minimum absolute atomic E-state index is 0. The number of ether oxygens (including phenoxy) is 1. The molecule has 2 rings (SSSR count). The number of nitrogens with zero attached hydrogens (tertiary/aromatic N) is 2. The van der Waals surface area contributed by atoms with Crippen LogP contribution in [0.4, 0.5) is 0 Å². The van der Waals surface area contributed by atoms with Gasteiger partial charge in [0, 0.05) is 39.7 Å². The topological polar surface area (TPSA) is 80.0 Å². The van der Waals surface area contributed by atoms with Crippen molar-refractivity contribution in [3.05, 3.63) is 0 Å². The molecule has 0 aromatic carbocycles. The number of piperidine rings is 1. The second-order valence-electron chi connectivity index (χ2n) is 5.69. The SMILES string of the molecule is CN=C(NCC1CCCO1)N1CCCC(CC(N)=O)C1.I. The molecule has 7 heteroatoms. The first-order valence-electron chi connectivity index (χ1n) is 7.54. The monoisotopic (exact) mass is 410 g/mol. The summed E-state index contributed by atoms with van der Waals surface area (Å²) in [4.78, 5) is 17.6. The van der Waals surface area contributed by atoms with Crippen LogP contribution in [0.3, 0.4) is 0 Å². The van der Waals surface area contributed by atoms with Gasteiger partial charge in [-0.2, -0.15) is 0 Å². The molecule has 2 aliphatic rings. The van der Waals surface area contributed by atoms with E-state index in [1.54, 1.807) is 7.05 Å². The lowest BCUT2D eigenvalue weighted by Gasteiger charge is -2.35. The molecular weight excluding hydrogens is 383 g/mol. The van der Waals surface area contributed by atoms with E-state index in [4.69, 9.17) is 10.5 Å². The van der Waals surface area contributed by atoms with Crippen molar-refractivity contribution in [2.24, 2.45) is 16.6 Å². The second kappa shape index (κ2) is 9.45. The normalized spacial score (nSPS) is 26.3. The molecule has 2 aliphatic heterocycles. The van der Waals surface area contributed by atoms with Gasteiger partial charge in [0.15, 0.2) is 5.96 Å². The van der Waals surface area contributed by atoms with E-state index in [1.165, 1.54) is 0 Å². The van der Waals surface area contributed by atoms with Crippen molar-refractivity contribution in [2.45, 2.75) is 38.2 Å². The number of nitrogens with one attached hydrogen (secondary N) is 1. The number of rotatable bonds is 4. The average molecular weight is 410 g/mol. The summed E-state index contributed by atoms with van der Waals surface area (Å²) in [5, 5.41) is 3.39. The van der Waals surface area contributed by atoms with E-state index in [9.17, 15) is 4.79 Å². The fraction of sp³-hybridized carbons (Fsp3) is 0.857. The van der Waals surface area contributed by atoms with Crippen molar-refractivity contribution in [3.8, 4) is 0 Å². The summed E-state index contributed by atoms with van der Waals surface area (Å²) < 4.78 is 5.61. The van der Waals surface area contributed by atoms with E-state index in [2.05, 4.69) is 15.2 Å². The Morgan fingerprint density at radius 3 is 2.86 bits per heavy atom. The first-order valence-corrected chi connectivity index (χ1v) is 7.54. The molecule has 0 saturated carbocycles. The Morgan fingerprint density at radius 1 is 1.43 bits per heavy atom. The number of nitrogens with two attached hydrogens (primary N) is 1. The summed E-state index contributed by atoms with van der Waals surface area (Å²) in [6.07, 6.45) is 5.20. The predicted octanol–water partition coefficient (Wildman–Crippen LogP) is 0.946. The third kappa shape index (κ3) is 5.98. The lowest BCUT2D eigenvalue weighted by molar-refractivity contribution is -0.119. The number of aliphatic imine (C=N–C) groups is 1. The maximum atomic E-state index is 11.1. The zero-order valence-electron chi connectivity index (χ0n) is 12.7. The van der Waals surface area contributed by atoms with Gasteiger partial charge in [-0.1, -0.05) is 0 Å². The Hall–Kier alpha value is -0.570. The summed E-state index contributed by atoms with van der Waals surface area (Å²) in [7, 11) is 1.80. The lowest BCUT2D eigenvalue weighted by Crippen LogP contribution is -2.48. The van der Waals surface area contributed by atoms with Crippen LogP contribution >= 0.6 is 24.0 Å². The molecule has 6 nitrogen and oxygen atoms in total. The van der Waals surface area contributed by atoms with E-state index < -0.39 is 0 Å². The summed E-state index contributed by atoms with van der Waals surface area (Å²) in [6, 6.07) is 0. The largest absolute Gasteiger partial charge is 0.376 e. The van der Waals surface area contributed by atoms with Crippen LogP contribution in [0.5, 0.6) is 0 Å². The molecule has 0 aromatic rings. The van der Waals surface area contributed by atoms with Crippen LogP contribution < -0.4 is 11.1 Å². The van der Waals surface area contributed by atoms with Crippen molar-refractivity contribution < 1.29 is 9.53 Å². The highest BCUT2D eigenvalue weighted by Crippen LogP contribution is 2.19. The van der Waals surface area contributed by atoms with E-state index in [0.29, 0.717) is 18.4 Å². The van der Waals surface area contributed by atoms with Crippen LogP contribution in [0, 0.1) is 5.92 Å². The fourth-order valence-electron chi connectivity index (χ4n) is 3.05. The van der Waals surface area contributed by atoms with Gasteiger partial charge in [-0.15, -0.1) is 24.0 Å². The maximum absolute atomic E-state index is 11.1. The van der Waals surface area contributed by atoms with Crippen LogP contribution in [0.1, 0.15) is 32.1 Å². The van der Waals surface area contributed by atoms with Crippen LogP contribution in [-0.2, 0) is 9.53 Å². The molecule has 21 heavy (non-hydrogen) atoms. The molecule has 1 amide bonds. The van der Waals surface area contributed by atoms with Crippen LogP contribution in [0.15, 0.2) is 4.99 Å². The zero-order chi connectivity index (χ0) is 14.4. The number of hydrogen-bond donors (Lipinski definition) is 2. The molecule has 2 atom stereocenters. The Morgan fingerprint density at radius 2 is 2.24 bits per heavy atom. The molecule has 2 fully saturated rings. The van der Waals surface area contributed by atoms with Crippen LogP contribution in [0.2, 0.25) is 0 Å². The van der Waals surface area contributed by atoms with E-state index in [1.807, 2.05) is 0 Å². The number of hydrogen-bond acceptors (Lipinski definition) is 3. The number of halogens is 1. The smallest absolute Gasteiger partial charge is 0.217 e. The molecule has 3 N–H and O–H groups in total. The number of amides is 1. The fourth-order valence-corrected chi connectivity index (χ4v) is 3.05. The van der Waals surface area contributed by atoms with Gasteiger partial charge >= 0.3 is 0 Å². The zero-order valence-corrected chi connectivity index (χ0v) is 15.0. The van der Waals surface area contributed by atoms with Gasteiger partial charge in [0.05, 0.1) is 6.10 Å². The van der Waals surface area contributed by atoms with Crippen LogP contribution in [0.25, 0.3) is 0 Å². The molecule has 0 bridgehead atoms. The molecule has 0 aromatic heterocycles. The first kappa shape index (κ1) is 18.5. The van der Waals surface area contributed by atoms with E-state index in [-0.39, 0.29) is 29.9 Å². The molecule has 2 unspecified atom stereocenters. The maximum Gasteiger partial charge on any atom is 0.217 e. The van der Waals surface area contributed by atoms with E-state index in [0.717, 1.165) is 57.9 Å². The van der Waals surface area contributed by atoms with E-state index >= 15 is 0 Å². The number of primary amides is 1. The minimum Gasteiger partial charge on any atom is -0.376 e. The van der Waals surface area contributed by atoms with Gasteiger partial charge in [0.1, 0.15) is 0 Å². The molecule has 122 valence electrons. The summed E-state index contributed by atoms with van der Waals surface area (Å²) in [6.45, 7) is 3.52. The Kier molecular flexibility index (Phi) is 8.31. The van der Waals surface area contributed by atoms with Crippen molar-refractivity contribution in [1.29, 1.82) is 0 Å². The standard InChI is InChI=1S/C14H26N4O2.HI/c1-16-14(17-9-12-5-3-7-20-12)18-6-2-4-11(10-18)8-13(15)19;/h11-12H,2-10H2,1H3,(H2,15,19)(H,16,17);1H. The Bertz CT molecular complexity index is 359. The highest BCUT2D eigenvalue weighted by atomic mass is 127. The quantitative estimate of drug-likeness (QED) is 0.411. The highest BCUT2D eigenvalue weighted by molar-refractivity contribution is 14.0. The summed E-state index contributed by atoms with van der Waals surface area (Å²) in [5.74, 6) is 1.05. The van der Waals surface area contributed by atoms with Crippen molar-refractivity contribution >= 4 is 35.8 Å². The molecular formula is C14H27IN4O2. The summed E-state index contributed by atoms with van der Waals surface area (Å²) in [5.41, 5.74) is 5.30. The van der Waals surface area contributed by atoms with Crippen molar-refractivity contribution in [3.63, 3.8) is 0 Å². The van der Waals surface area contributed by atoms with Gasteiger partial charge in [-0.05, 0) is 31.6 Å². The Labute approximate surface area is 143 Å². The third-order valence-electron chi connectivity index (χ3n) is 4.03. The molecule has 0 radical (unpaired) electrons. The molecule has 0 spiro atoms. The second-order valence-corrected chi connectivity index (χ2v) is 5.69. The Balaban J connectivity index is 0.00000220. The third-order valence-corrected chi connectivity index (χ3v) is 4.03. The lowest BCUT2D eigenvalue weighted by atomic mass is 9.95. The first-order chi connectivity index (χ1) is 9.69. The van der Waals surface area contributed by atoms with Gasteiger partial charge in [-0.3, -0.25) is 9.79 Å². The van der Waals surface area contributed by atoms with Crippen molar-refractivity contribution in [1.82, 2.24) is 10.2 Å². The number of likely N-dealkylation sites (tertiary alicyclic amines) is 1. The van der Waals surface area contributed by atoms with Gasteiger partial charge in [-0.25, -0.2) is 0 Å². The van der Waals surface area contributed by atoms with Gasteiger partial charge in [0.2, 0.25) is 5.91 Å². The number of carbonyl (C=O) groups is 1. The number of carbonyl (C=O) groups excluding carboxylic acids is 1. The molecule has 2 heterocycles. The summed E-state index contributed by atoms with van der Waals surface area (Å²) >= 11 is 0.